The second-order valence-corrected chi connectivity index (χ2v) is 8.74. The molecule has 2 aliphatic carbocycles. The fourth-order valence-corrected chi connectivity index (χ4v) is 4.54. The van der Waals surface area contributed by atoms with Gasteiger partial charge in [-0.2, -0.15) is 0 Å². The number of nitrogens with one attached hydrogen (secondary N) is 1. The minimum Gasteiger partial charge on any atom is -0.324 e. The van der Waals surface area contributed by atoms with E-state index in [-0.39, 0.29) is 5.41 Å². The number of carbonyl (C=O) groups excluding carboxylic acids is 1. The van der Waals surface area contributed by atoms with Crippen LogP contribution in [-0.4, -0.2) is 11.5 Å². The van der Waals surface area contributed by atoms with Crippen LogP contribution in [0.2, 0.25) is 0 Å². The van der Waals surface area contributed by atoms with Crippen molar-refractivity contribution in [2.24, 2.45) is 16.8 Å². The molecule has 1 aliphatic heterocycles. The SMILES string of the molecule is CC12CCCCC1=Nc1ccccc12.CC1CCCCC1=O.NNc1ccccc1. The molecule has 0 saturated heterocycles. The molecular formula is C26H35N3O. The fraction of sp³-hybridized carbons (Fsp3) is 0.462. The number of carbonyl (C=O) groups is 1. The van der Waals surface area contributed by atoms with Gasteiger partial charge in [0.2, 0.25) is 0 Å². The van der Waals surface area contributed by atoms with E-state index in [4.69, 9.17) is 10.8 Å². The summed E-state index contributed by atoms with van der Waals surface area (Å²) in [6.07, 6.45) is 9.50. The Balaban J connectivity index is 0.000000138. The Morgan fingerprint density at radius 3 is 2.30 bits per heavy atom. The van der Waals surface area contributed by atoms with Gasteiger partial charge in [0.1, 0.15) is 5.78 Å². The molecule has 0 radical (unpaired) electrons. The highest BCUT2D eigenvalue weighted by atomic mass is 16.1. The van der Waals surface area contributed by atoms with E-state index in [1.54, 1.807) is 0 Å². The van der Waals surface area contributed by atoms with Crippen LogP contribution in [0.5, 0.6) is 0 Å². The van der Waals surface area contributed by atoms with Crippen LogP contribution in [0.1, 0.15) is 70.8 Å². The summed E-state index contributed by atoms with van der Waals surface area (Å²) in [5.41, 5.74) is 7.83. The number of hydrazine groups is 1. The molecule has 0 bridgehead atoms. The number of para-hydroxylation sites is 2. The van der Waals surface area contributed by atoms with Crippen molar-refractivity contribution >= 4 is 22.9 Å². The van der Waals surface area contributed by atoms with Crippen molar-refractivity contribution in [3.05, 3.63) is 60.2 Å². The Hall–Kier alpha value is -2.46. The Morgan fingerprint density at radius 2 is 1.67 bits per heavy atom. The highest BCUT2D eigenvalue weighted by molar-refractivity contribution is 6.01. The molecule has 2 aromatic carbocycles. The van der Waals surface area contributed by atoms with Crippen LogP contribution in [0.25, 0.3) is 0 Å². The van der Waals surface area contributed by atoms with E-state index in [0.29, 0.717) is 11.7 Å². The maximum atomic E-state index is 10.8. The minimum atomic E-state index is 0.273. The molecule has 2 atom stereocenters. The molecule has 2 aromatic rings. The number of nitrogen functional groups attached to an aromatic ring is 1. The number of rotatable bonds is 1. The first-order valence-electron chi connectivity index (χ1n) is 11.3. The lowest BCUT2D eigenvalue weighted by molar-refractivity contribution is -0.123. The number of benzene rings is 2. The second kappa shape index (κ2) is 10.5. The Labute approximate surface area is 181 Å². The number of nitrogens with two attached hydrogens (primary N) is 1. The summed E-state index contributed by atoms with van der Waals surface area (Å²) >= 11 is 0. The molecule has 30 heavy (non-hydrogen) atoms. The van der Waals surface area contributed by atoms with Gasteiger partial charge >= 0.3 is 0 Å². The van der Waals surface area contributed by atoms with Crippen LogP contribution in [0.3, 0.4) is 0 Å². The normalized spacial score (nSPS) is 24.2. The van der Waals surface area contributed by atoms with E-state index in [2.05, 4.69) is 36.6 Å². The number of hydrogen-bond acceptors (Lipinski definition) is 4. The molecule has 3 N–H and O–H groups in total. The number of ketones is 1. The third kappa shape index (κ3) is 5.37. The van der Waals surface area contributed by atoms with Crippen LogP contribution < -0.4 is 11.3 Å². The number of Topliss-reactive ketones (excluding diaryl/α,β-unsaturated/α-hetero) is 1. The summed E-state index contributed by atoms with van der Waals surface area (Å²) < 4.78 is 0. The molecule has 3 aliphatic rings. The van der Waals surface area contributed by atoms with Crippen LogP contribution in [-0.2, 0) is 10.2 Å². The smallest absolute Gasteiger partial charge is 0.135 e. The number of hydrogen-bond donors (Lipinski definition) is 2. The lowest BCUT2D eigenvalue weighted by Crippen LogP contribution is -2.32. The Morgan fingerprint density at radius 1 is 0.967 bits per heavy atom. The van der Waals surface area contributed by atoms with E-state index in [1.165, 1.54) is 49.1 Å². The first-order chi connectivity index (χ1) is 14.5. The topological polar surface area (TPSA) is 67.5 Å². The van der Waals surface area contributed by atoms with Crippen molar-refractivity contribution in [2.45, 2.75) is 70.6 Å². The molecule has 4 heteroatoms. The van der Waals surface area contributed by atoms with Crippen LogP contribution in [0.4, 0.5) is 11.4 Å². The first-order valence-corrected chi connectivity index (χ1v) is 11.3. The number of nitrogens with zero attached hydrogens (tertiary/aromatic N) is 1. The molecular weight excluding hydrogens is 370 g/mol. The van der Waals surface area contributed by atoms with Crippen molar-refractivity contribution < 1.29 is 4.79 Å². The minimum absolute atomic E-state index is 0.273. The average molecular weight is 406 g/mol. The monoisotopic (exact) mass is 405 g/mol. The zero-order valence-corrected chi connectivity index (χ0v) is 18.4. The van der Waals surface area contributed by atoms with Gasteiger partial charge < -0.3 is 5.43 Å². The summed E-state index contributed by atoms with van der Waals surface area (Å²) in [5.74, 6) is 5.93. The largest absolute Gasteiger partial charge is 0.324 e. The zero-order chi connectivity index (χ0) is 21.4. The number of anilines is 1. The Bertz CT molecular complexity index is 862. The molecule has 0 aromatic heterocycles. The van der Waals surface area contributed by atoms with Gasteiger partial charge in [-0.1, -0.05) is 63.1 Å². The molecule has 160 valence electrons. The summed E-state index contributed by atoms with van der Waals surface area (Å²) in [4.78, 5) is 15.6. The van der Waals surface area contributed by atoms with Crippen molar-refractivity contribution in [1.29, 1.82) is 0 Å². The van der Waals surface area contributed by atoms with Crippen molar-refractivity contribution in [3.8, 4) is 0 Å². The first kappa shape index (κ1) is 22.2. The molecule has 5 rings (SSSR count). The van der Waals surface area contributed by atoms with Gasteiger partial charge in [0, 0.05) is 29.2 Å². The maximum Gasteiger partial charge on any atom is 0.135 e. The predicted octanol–water partition coefficient (Wildman–Crippen LogP) is 6.34. The number of fused-ring (bicyclic) bond motifs is 3. The van der Waals surface area contributed by atoms with Crippen molar-refractivity contribution in [2.75, 3.05) is 5.43 Å². The summed E-state index contributed by atoms with van der Waals surface area (Å²) in [6, 6.07) is 18.2. The fourth-order valence-electron chi connectivity index (χ4n) is 4.54. The molecule has 1 heterocycles. The highest BCUT2D eigenvalue weighted by Crippen LogP contribution is 2.46. The molecule has 2 saturated carbocycles. The van der Waals surface area contributed by atoms with E-state index < -0.39 is 0 Å². The van der Waals surface area contributed by atoms with Crippen LogP contribution >= 0.6 is 0 Å². The standard InChI is InChI=1S/C13H15N.C7H12O.C6H8N2/c1-13-9-5-4-8-12(13)14-11-7-3-2-6-10(11)13;1-6-4-2-3-5-7(6)8;7-8-6-4-2-1-3-5-6/h2-3,6-7H,4-5,8-9H2,1H3;6H,2-5H2,1H3;1-5,8H,7H2. The van der Waals surface area contributed by atoms with Crippen LogP contribution in [0.15, 0.2) is 59.6 Å². The lowest BCUT2D eigenvalue weighted by Gasteiger charge is -2.31. The molecule has 0 amide bonds. The van der Waals surface area contributed by atoms with E-state index in [1.807, 2.05) is 37.3 Å². The second-order valence-electron chi connectivity index (χ2n) is 8.74. The third-order valence-electron chi connectivity index (χ3n) is 6.53. The van der Waals surface area contributed by atoms with Gasteiger partial charge in [0.05, 0.1) is 5.69 Å². The van der Waals surface area contributed by atoms with Crippen LogP contribution in [0, 0.1) is 5.92 Å². The molecule has 0 spiro atoms. The quantitative estimate of drug-likeness (QED) is 0.429. The van der Waals surface area contributed by atoms with E-state index >= 15 is 0 Å². The van der Waals surface area contributed by atoms with Gasteiger partial charge in [-0.25, -0.2) is 0 Å². The van der Waals surface area contributed by atoms with Crippen molar-refractivity contribution in [3.63, 3.8) is 0 Å². The highest BCUT2D eigenvalue weighted by Gasteiger charge is 2.39. The predicted molar refractivity (Wildman–Crippen MR) is 126 cm³/mol. The number of aliphatic imine (C=N–C) groups is 1. The lowest BCUT2D eigenvalue weighted by atomic mass is 9.71. The molecule has 2 unspecified atom stereocenters. The Kier molecular flexibility index (Phi) is 7.81. The summed E-state index contributed by atoms with van der Waals surface area (Å²) in [5, 5.41) is 0. The van der Waals surface area contributed by atoms with E-state index in [9.17, 15) is 4.79 Å². The summed E-state index contributed by atoms with van der Waals surface area (Å²) in [7, 11) is 0. The summed E-state index contributed by atoms with van der Waals surface area (Å²) in [6.45, 7) is 4.39. The maximum absolute atomic E-state index is 10.8. The molecule has 4 nitrogen and oxygen atoms in total. The zero-order valence-electron chi connectivity index (χ0n) is 18.4. The van der Waals surface area contributed by atoms with Crippen molar-refractivity contribution in [1.82, 2.24) is 0 Å². The van der Waals surface area contributed by atoms with Gasteiger partial charge in [0.15, 0.2) is 0 Å². The van der Waals surface area contributed by atoms with Gasteiger partial charge in [-0.15, -0.1) is 0 Å². The van der Waals surface area contributed by atoms with E-state index in [0.717, 1.165) is 24.9 Å². The van der Waals surface area contributed by atoms with Gasteiger partial charge in [0.25, 0.3) is 0 Å². The molecule has 2 fully saturated rings. The van der Waals surface area contributed by atoms with Gasteiger partial charge in [-0.3, -0.25) is 15.6 Å². The average Bonchev–Trinajstić information content (AvgIpc) is 3.10. The third-order valence-corrected chi connectivity index (χ3v) is 6.53. The van der Waals surface area contributed by atoms with Gasteiger partial charge in [-0.05, 0) is 55.9 Å².